The first-order valence-corrected chi connectivity index (χ1v) is 13.9. The molecule has 0 radical (unpaired) electrons. The van der Waals surface area contributed by atoms with E-state index >= 15 is 0 Å². The molecule has 1 aliphatic rings. The Hall–Kier alpha value is -2.40. The molecule has 5 rings (SSSR count). The number of nitrogens with one attached hydrogen (secondary N) is 1. The average molecular weight is 613 g/mol. The summed E-state index contributed by atoms with van der Waals surface area (Å²) in [6, 6.07) is 11.7. The van der Waals surface area contributed by atoms with Gasteiger partial charge in [-0.15, -0.1) is 33.1 Å². The van der Waals surface area contributed by atoms with Crippen molar-refractivity contribution >= 4 is 92.2 Å². The zero-order valence-electron chi connectivity index (χ0n) is 18.7. The topological polar surface area (TPSA) is 72.2 Å². The Morgan fingerprint density at radius 2 is 1.89 bits per heavy atom. The number of allylic oxidation sites excluding steroid dienone is 1. The van der Waals surface area contributed by atoms with Crippen molar-refractivity contribution in [2.75, 3.05) is 11.2 Å². The fraction of sp³-hybridized carbons (Fsp3) is 0.0833. The first-order valence-electron chi connectivity index (χ1n) is 10.6. The Kier molecular flexibility index (Phi) is 7.63. The summed E-state index contributed by atoms with van der Waals surface area (Å²) in [7, 11) is 0. The lowest BCUT2D eigenvalue weighted by Gasteiger charge is -2.18. The molecule has 6 nitrogen and oxygen atoms in total. The molecule has 0 fully saturated rings. The summed E-state index contributed by atoms with van der Waals surface area (Å²) < 4.78 is 16.1. The molecule has 1 N–H and O–H groups in total. The molecule has 1 aliphatic heterocycles. The second kappa shape index (κ2) is 10.8. The minimum atomic E-state index is -0.630. The molecule has 2 aromatic carbocycles. The van der Waals surface area contributed by atoms with Crippen LogP contribution in [0.25, 0.3) is 16.8 Å². The van der Waals surface area contributed by atoms with Gasteiger partial charge >= 0.3 is 0 Å². The number of benzene rings is 2. The number of anilines is 1. The van der Waals surface area contributed by atoms with Crippen LogP contribution in [0.5, 0.6) is 0 Å². The van der Waals surface area contributed by atoms with E-state index in [1.165, 1.54) is 35.2 Å². The average Bonchev–Trinajstić information content (AvgIpc) is 3.44. The predicted molar refractivity (Wildman–Crippen MR) is 151 cm³/mol. The maximum absolute atomic E-state index is 14.5. The van der Waals surface area contributed by atoms with Gasteiger partial charge in [-0.25, -0.2) is 4.39 Å². The first kappa shape index (κ1) is 26.2. The van der Waals surface area contributed by atoms with Crippen LogP contribution in [-0.4, -0.2) is 32.4 Å². The van der Waals surface area contributed by atoms with Gasteiger partial charge in [-0.05, 0) is 60.2 Å². The molecule has 0 saturated heterocycles. The lowest BCUT2D eigenvalue weighted by atomic mass is 10.1. The van der Waals surface area contributed by atoms with Crippen LogP contribution < -0.4 is 5.32 Å². The van der Waals surface area contributed by atoms with Crippen molar-refractivity contribution in [3.63, 3.8) is 0 Å². The van der Waals surface area contributed by atoms with Crippen LogP contribution in [0.3, 0.4) is 0 Å². The molecule has 0 atom stereocenters. The fourth-order valence-electron chi connectivity index (χ4n) is 3.52. The van der Waals surface area contributed by atoms with Gasteiger partial charge in [0.05, 0.1) is 19.9 Å². The smallest absolute Gasteiger partial charge is 0.239 e. The van der Waals surface area contributed by atoms with E-state index in [1.807, 2.05) is 37.3 Å². The lowest BCUT2D eigenvalue weighted by Crippen LogP contribution is -2.13. The van der Waals surface area contributed by atoms with E-state index in [0.717, 1.165) is 16.0 Å². The Morgan fingerprint density at radius 3 is 2.65 bits per heavy atom. The molecule has 37 heavy (non-hydrogen) atoms. The molecule has 0 bridgehead atoms. The summed E-state index contributed by atoms with van der Waals surface area (Å²) in [6.07, 6.45) is 1.84. The van der Waals surface area contributed by atoms with Gasteiger partial charge in [-0.1, -0.05) is 53.0 Å². The summed E-state index contributed by atoms with van der Waals surface area (Å²) in [4.78, 5) is 13.1. The molecule has 0 saturated carbocycles. The highest BCUT2D eigenvalue weighted by Crippen LogP contribution is 2.42. The number of hydrogen-bond donors (Lipinski definition) is 1. The van der Waals surface area contributed by atoms with Crippen LogP contribution in [-0.2, 0) is 4.79 Å². The third kappa shape index (κ3) is 5.30. The Morgan fingerprint density at radius 1 is 1.11 bits per heavy atom. The Labute approximate surface area is 239 Å². The first-order chi connectivity index (χ1) is 17.7. The van der Waals surface area contributed by atoms with Gasteiger partial charge in [0.15, 0.2) is 5.82 Å². The Bertz CT molecular complexity index is 1610. The second-order valence-corrected chi connectivity index (χ2v) is 11.3. The van der Waals surface area contributed by atoms with Crippen LogP contribution in [0.2, 0.25) is 15.1 Å². The minimum absolute atomic E-state index is 0.0964. The molecular weight excluding hydrogens is 599 g/mol. The van der Waals surface area contributed by atoms with Crippen LogP contribution in [0, 0.1) is 12.7 Å². The standard InChI is InChI=1S/C24H14Cl4FN5OS2/c1-11-6-20(30-19(35)10-25)37-22(11)23-31-32-24-34(23)33-21(13-8-17(29)16(28)9-15(13)27)18(36-24)7-12-4-2-3-5-14(12)26/h2-9H,10H2,1H3,(H,30,35)/b18-7-. The molecule has 0 spiro atoms. The molecular formula is C24H14Cl4FN5OS2. The van der Waals surface area contributed by atoms with Gasteiger partial charge in [-0.2, -0.15) is 9.78 Å². The normalized spacial score (nSPS) is 14.0. The Balaban J connectivity index is 1.67. The quantitative estimate of drug-likeness (QED) is 0.183. The number of rotatable bonds is 5. The molecule has 0 unspecified atom stereocenters. The molecule has 0 aliphatic carbocycles. The monoisotopic (exact) mass is 611 g/mol. The van der Waals surface area contributed by atoms with Gasteiger partial charge in [0.2, 0.25) is 11.1 Å². The van der Waals surface area contributed by atoms with Crippen molar-refractivity contribution in [3.05, 3.63) is 84.9 Å². The van der Waals surface area contributed by atoms with Crippen molar-refractivity contribution < 1.29 is 9.18 Å². The van der Waals surface area contributed by atoms with E-state index in [2.05, 4.69) is 15.5 Å². The summed E-state index contributed by atoms with van der Waals surface area (Å²) in [6.45, 7) is 1.89. The number of aryl methyl sites for hydroxylation is 1. The van der Waals surface area contributed by atoms with Crippen molar-refractivity contribution in [1.29, 1.82) is 0 Å². The van der Waals surface area contributed by atoms with Crippen molar-refractivity contribution in [2.24, 2.45) is 5.10 Å². The highest BCUT2D eigenvalue weighted by molar-refractivity contribution is 8.04. The third-order valence-electron chi connectivity index (χ3n) is 5.21. The number of alkyl halides is 1. The summed E-state index contributed by atoms with van der Waals surface area (Å²) in [5, 5.41) is 18.0. The van der Waals surface area contributed by atoms with E-state index in [9.17, 15) is 9.18 Å². The van der Waals surface area contributed by atoms with Gasteiger partial charge in [0, 0.05) is 15.5 Å². The van der Waals surface area contributed by atoms with Crippen molar-refractivity contribution in [2.45, 2.75) is 12.1 Å². The van der Waals surface area contributed by atoms with Crippen LogP contribution in [0.1, 0.15) is 16.7 Å². The number of carbonyl (C=O) groups excluding carboxylic acids is 1. The molecule has 188 valence electrons. The van der Waals surface area contributed by atoms with E-state index in [4.69, 9.17) is 51.5 Å². The number of fused-ring (bicyclic) bond motifs is 1. The summed E-state index contributed by atoms with van der Waals surface area (Å²) in [5.41, 5.74) is 2.34. The lowest BCUT2D eigenvalue weighted by molar-refractivity contribution is -0.113. The number of halogens is 5. The highest BCUT2D eigenvalue weighted by atomic mass is 35.5. The second-order valence-electron chi connectivity index (χ2n) is 7.75. The summed E-state index contributed by atoms with van der Waals surface area (Å²) >= 11 is 27.1. The van der Waals surface area contributed by atoms with Gasteiger partial charge in [0.1, 0.15) is 17.4 Å². The van der Waals surface area contributed by atoms with E-state index in [0.29, 0.717) is 37.2 Å². The van der Waals surface area contributed by atoms with Gasteiger partial charge in [-0.3, -0.25) is 4.79 Å². The molecule has 3 heterocycles. The van der Waals surface area contributed by atoms with Gasteiger partial charge < -0.3 is 5.32 Å². The molecule has 1 amide bonds. The van der Waals surface area contributed by atoms with Crippen molar-refractivity contribution in [1.82, 2.24) is 14.9 Å². The number of nitrogens with zero attached hydrogens (tertiary/aromatic N) is 4. The number of thiophene rings is 1. The maximum Gasteiger partial charge on any atom is 0.239 e. The SMILES string of the molecule is Cc1cc(NC(=O)CCl)sc1-c1nnc2n1N=C(c1cc(F)c(Cl)cc1Cl)/C(=C/c1ccccc1Cl)S2. The largest absolute Gasteiger partial charge is 0.317 e. The third-order valence-corrected chi connectivity index (χ3v) is 8.51. The van der Waals surface area contributed by atoms with Crippen LogP contribution in [0.15, 0.2) is 57.6 Å². The zero-order chi connectivity index (χ0) is 26.3. The van der Waals surface area contributed by atoms with Gasteiger partial charge in [0.25, 0.3) is 0 Å². The van der Waals surface area contributed by atoms with Crippen molar-refractivity contribution in [3.8, 4) is 10.7 Å². The van der Waals surface area contributed by atoms with E-state index in [1.54, 1.807) is 10.7 Å². The van der Waals surface area contributed by atoms with Crippen LogP contribution >= 0.6 is 69.5 Å². The van der Waals surface area contributed by atoms with Crippen LogP contribution in [0.4, 0.5) is 9.39 Å². The predicted octanol–water partition coefficient (Wildman–Crippen LogP) is 7.99. The minimum Gasteiger partial charge on any atom is -0.317 e. The number of aromatic nitrogens is 3. The number of carbonyl (C=O) groups is 1. The van der Waals surface area contributed by atoms with E-state index in [-0.39, 0.29) is 21.8 Å². The maximum atomic E-state index is 14.5. The number of hydrogen-bond acceptors (Lipinski definition) is 6. The molecule has 4 aromatic rings. The fourth-order valence-corrected chi connectivity index (χ4v) is 6.23. The molecule has 13 heteroatoms. The molecule has 2 aromatic heterocycles. The number of amides is 1. The zero-order valence-corrected chi connectivity index (χ0v) is 23.4. The van der Waals surface area contributed by atoms with E-state index < -0.39 is 5.82 Å². The summed E-state index contributed by atoms with van der Waals surface area (Å²) in [5.74, 6) is -0.649. The highest BCUT2D eigenvalue weighted by Gasteiger charge is 2.28. The number of thioether (sulfide) groups is 1.